The molecule has 0 saturated heterocycles. The molecule has 2 heterocycles. The molecule has 1 aromatic heterocycles. The van der Waals surface area contributed by atoms with Crippen LogP contribution in [0.1, 0.15) is 37.7 Å². The first-order chi connectivity index (χ1) is 7.79. The lowest BCUT2D eigenvalue weighted by molar-refractivity contribution is 0.333. The van der Waals surface area contributed by atoms with Crippen LogP contribution >= 0.6 is 0 Å². The number of hydrogen-bond donors (Lipinski definition) is 2. The normalized spacial score (nSPS) is 22.1. The molecule has 2 N–H and O–H groups in total. The fraction of sp³-hybridized carbons (Fsp3) is 0.615. The lowest BCUT2D eigenvalue weighted by Gasteiger charge is -2.43. The van der Waals surface area contributed by atoms with Gasteiger partial charge in [-0.2, -0.15) is 0 Å². The Morgan fingerprint density at radius 2 is 2.06 bits per heavy atom. The van der Waals surface area contributed by atoms with Crippen LogP contribution in [0.4, 0.5) is 11.5 Å². The smallest absolute Gasteiger partial charge is 0.150 e. The summed E-state index contributed by atoms with van der Waals surface area (Å²) in [5.74, 6) is 1.05. The Kier molecular flexibility index (Phi) is 2.27. The molecular weight excluding hydrogens is 198 g/mol. The average molecular weight is 217 g/mol. The highest BCUT2D eigenvalue weighted by atomic mass is 15.2. The van der Waals surface area contributed by atoms with E-state index in [4.69, 9.17) is 0 Å². The van der Waals surface area contributed by atoms with Crippen molar-refractivity contribution in [3.8, 4) is 0 Å². The molecule has 2 aliphatic rings. The number of rotatable bonds is 0. The van der Waals surface area contributed by atoms with Crippen molar-refractivity contribution in [2.75, 3.05) is 17.2 Å². The van der Waals surface area contributed by atoms with Crippen LogP contribution in [0, 0.1) is 6.92 Å². The van der Waals surface area contributed by atoms with E-state index in [1.807, 2.05) is 6.20 Å². The summed E-state index contributed by atoms with van der Waals surface area (Å²) in [5, 5.41) is 7.25. The number of aromatic nitrogens is 1. The Morgan fingerprint density at radius 3 is 2.88 bits per heavy atom. The summed E-state index contributed by atoms with van der Waals surface area (Å²) in [6.45, 7) is 3.18. The zero-order valence-corrected chi connectivity index (χ0v) is 9.84. The minimum atomic E-state index is 0.270. The Bertz CT molecular complexity index is 394. The quantitative estimate of drug-likeness (QED) is 0.701. The minimum Gasteiger partial charge on any atom is -0.379 e. The standard InChI is InChI=1S/C13H19N3/c1-10-5-8-14-12-11(10)15-9-13(16-12)6-3-2-4-7-13/h5,8,15H,2-4,6-7,9H2,1H3,(H,14,16). The first-order valence-electron chi connectivity index (χ1n) is 6.27. The number of nitrogens with one attached hydrogen (secondary N) is 2. The van der Waals surface area contributed by atoms with Gasteiger partial charge in [0.25, 0.3) is 0 Å². The molecule has 0 amide bonds. The Labute approximate surface area is 96.7 Å². The zero-order valence-electron chi connectivity index (χ0n) is 9.84. The lowest BCUT2D eigenvalue weighted by Crippen LogP contribution is -2.49. The topological polar surface area (TPSA) is 37.0 Å². The van der Waals surface area contributed by atoms with E-state index in [2.05, 4.69) is 28.6 Å². The van der Waals surface area contributed by atoms with Crippen LogP contribution in [0.3, 0.4) is 0 Å². The van der Waals surface area contributed by atoms with E-state index in [0.29, 0.717) is 0 Å². The van der Waals surface area contributed by atoms with Crippen LogP contribution < -0.4 is 10.6 Å². The predicted octanol–water partition coefficient (Wildman–Crippen LogP) is 2.93. The zero-order chi connectivity index (χ0) is 11.0. The van der Waals surface area contributed by atoms with Crippen LogP contribution in [-0.4, -0.2) is 17.1 Å². The van der Waals surface area contributed by atoms with E-state index in [1.165, 1.54) is 43.4 Å². The van der Waals surface area contributed by atoms with Crippen molar-refractivity contribution in [1.29, 1.82) is 0 Å². The van der Waals surface area contributed by atoms with E-state index in [1.54, 1.807) is 0 Å². The maximum atomic E-state index is 4.46. The van der Waals surface area contributed by atoms with Gasteiger partial charge in [-0.15, -0.1) is 0 Å². The van der Waals surface area contributed by atoms with Gasteiger partial charge in [-0.25, -0.2) is 4.98 Å². The molecule has 16 heavy (non-hydrogen) atoms. The van der Waals surface area contributed by atoms with Crippen LogP contribution in [0.15, 0.2) is 12.3 Å². The SMILES string of the molecule is Cc1ccnc2c1NCC1(CCCCC1)N2. The molecule has 0 unspecified atom stereocenters. The highest BCUT2D eigenvalue weighted by Crippen LogP contribution is 2.38. The van der Waals surface area contributed by atoms with Gasteiger partial charge < -0.3 is 10.6 Å². The van der Waals surface area contributed by atoms with Gasteiger partial charge in [0.2, 0.25) is 0 Å². The largest absolute Gasteiger partial charge is 0.379 e. The molecule has 1 aliphatic heterocycles. The van der Waals surface area contributed by atoms with Crippen molar-refractivity contribution >= 4 is 11.5 Å². The summed E-state index contributed by atoms with van der Waals surface area (Å²) in [6, 6.07) is 2.06. The van der Waals surface area contributed by atoms with Gasteiger partial charge in [0.1, 0.15) is 5.82 Å². The van der Waals surface area contributed by atoms with Gasteiger partial charge in [-0.05, 0) is 31.4 Å². The first-order valence-corrected chi connectivity index (χ1v) is 6.27. The maximum absolute atomic E-state index is 4.46. The lowest BCUT2D eigenvalue weighted by atomic mass is 9.80. The minimum absolute atomic E-state index is 0.270. The summed E-state index contributed by atoms with van der Waals surface area (Å²) in [4.78, 5) is 4.46. The highest BCUT2D eigenvalue weighted by molar-refractivity contribution is 5.71. The second kappa shape index (κ2) is 3.65. The van der Waals surface area contributed by atoms with Crippen LogP contribution in [0.5, 0.6) is 0 Å². The van der Waals surface area contributed by atoms with Crippen molar-refractivity contribution < 1.29 is 0 Å². The van der Waals surface area contributed by atoms with E-state index in [-0.39, 0.29) is 5.54 Å². The van der Waals surface area contributed by atoms with E-state index in [0.717, 1.165) is 12.4 Å². The molecule has 3 nitrogen and oxygen atoms in total. The molecule has 1 fully saturated rings. The summed E-state index contributed by atoms with van der Waals surface area (Å²) < 4.78 is 0. The van der Waals surface area contributed by atoms with Crippen LogP contribution in [-0.2, 0) is 0 Å². The molecule has 3 heteroatoms. The van der Waals surface area contributed by atoms with Gasteiger partial charge in [0, 0.05) is 12.7 Å². The van der Waals surface area contributed by atoms with Gasteiger partial charge in [0.05, 0.1) is 11.2 Å². The second-order valence-corrected chi connectivity index (χ2v) is 5.17. The van der Waals surface area contributed by atoms with Crippen molar-refractivity contribution in [1.82, 2.24) is 4.98 Å². The van der Waals surface area contributed by atoms with Gasteiger partial charge >= 0.3 is 0 Å². The molecule has 0 aromatic carbocycles. The number of anilines is 2. The molecule has 1 aromatic rings. The van der Waals surface area contributed by atoms with E-state index >= 15 is 0 Å². The average Bonchev–Trinajstić information content (AvgIpc) is 2.30. The maximum Gasteiger partial charge on any atom is 0.150 e. The molecule has 0 atom stereocenters. The monoisotopic (exact) mass is 217 g/mol. The van der Waals surface area contributed by atoms with Crippen molar-refractivity contribution in [3.05, 3.63) is 17.8 Å². The first kappa shape index (κ1) is 9.94. The molecule has 1 spiro atoms. The van der Waals surface area contributed by atoms with Crippen molar-refractivity contribution in [2.45, 2.75) is 44.6 Å². The van der Waals surface area contributed by atoms with Crippen molar-refractivity contribution in [3.63, 3.8) is 0 Å². The molecular formula is C13H19N3. The van der Waals surface area contributed by atoms with Gasteiger partial charge in [-0.3, -0.25) is 0 Å². The number of nitrogens with zero attached hydrogens (tertiary/aromatic N) is 1. The fourth-order valence-electron chi connectivity index (χ4n) is 2.96. The second-order valence-electron chi connectivity index (χ2n) is 5.17. The number of aryl methyl sites for hydroxylation is 1. The van der Waals surface area contributed by atoms with Gasteiger partial charge in [-0.1, -0.05) is 19.3 Å². The number of pyridine rings is 1. The summed E-state index contributed by atoms with van der Waals surface area (Å²) in [6.07, 6.45) is 8.51. The molecule has 1 aliphatic carbocycles. The van der Waals surface area contributed by atoms with Gasteiger partial charge in [0.15, 0.2) is 0 Å². The molecule has 1 saturated carbocycles. The molecule has 86 valence electrons. The number of hydrogen-bond acceptors (Lipinski definition) is 3. The fourth-order valence-corrected chi connectivity index (χ4v) is 2.96. The molecule has 3 rings (SSSR count). The third-order valence-electron chi connectivity index (χ3n) is 3.96. The Hall–Kier alpha value is -1.25. The van der Waals surface area contributed by atoms with Crippen molar-refractivity contribution in [2.24, 2.45) is 0 Å². The predicted molar refractivity (Wildman–Crippen MR) is 66.9 cm³/mol. The summed E-state index contributed by atoms with van der Waals surface area (Å²) in [5.41, 5.74) is 2.74. The third kappa shape index (κ3) is 1.55. The Morgan fingerprint density at radius 1 is 1.25 bits per heavy atom. The van der Waals surface area contributed by atoms with Crippen LogP contribution in [0.2, 0.25) is 0 Å². The van der Waals surface area contributed by atoms with Crippen LogP contribution in [0.25, 0.3) is 0 Å². The molecule has 0 radical (unpaired) electrons. The Balaban J connectivity index is 1.91. The summed E-state index contributed by atoms with van der Waals surface area (Å²) >= 11 is 0. The van der Waals surface area contributed by atoms with E-state index < -0.39 is 0 Å². The molecule has 0 bridgehead atoms. The van der Waals surface area contributed by atoms with E-state index in [9.17, 15) is 0 Å². The highest BCUT2D eigenvalue weighted by Gasteiger charge is 2.35. The summed E-state index contributed by atoms with van der Waals surface area (Å²) in [7, 11) is 0. The number of fused-ring (bicyclic) bond motifs is 1. The third-order valence-corrected chi connectivity index (χ3v) is 3.96.